The highest BCUT2D eigenvalue weighted by atomic mass is 16.1. The van der Waals surface area contributed by atoms with Gasteiger partial charge in [-0.05, 0) is 93.4 Å². The van der Waals surface area contributed by atoms with Gasteiger partial charge in [-0.15, -0.1) is 0 Å². The predicted octanol–water partition coefficient (Wildman–Crippen LogP) is 11.2. The molecule has 2 heterocycles. The van der Waals surface area contributed by atoms with Crippen LogP contribution in [-0.4, -0.2) is 9.13 Å². The van der Waals surface area contributed by atoms with E-state index in [2.05, 4.69) is 134 Å². The lowest BCUT2D eigenvalue weighted by molar-refractivity contribution is 0.661. The Morgan fingerprint density at radius 3 is 1.59 bits per heavy atom. The molecule has 1 aliphatic rings. The Labute approximate surface area is 283 Å². The molecule has 3 heteroatoms. The second-order valence-corrected chi connectivity index (χ2v) is 13.7. The van der Waals surface area contributed by atoms with E-state index in [1.807, 2.05) is 47.0 Å². The molecule has 0 amide bonds. The van der Waals surface area contributed by atoms with Gasteiger partial charge in [-0.1, -0.05) is 117 Å². The molecule has 49 heavy (non-hydrogen) atoms. The summed E-state index contributed by atoms with van der Waals surface area (Å²) >= 11 is 0. The zero-order valence-electron chi connectivity index (χ0n) is 27.3. The average Bonchev–Trinajstić information content (AvgIpc) is 3.59. The third kappa shape index (κ3) is 3.93. The molecule has 0 saturated carbocycles. The van der Waals surface area contributed by atoms with E-state index in [1.165, 1.54) is 44.1 Å². The Hall–Kier alpha value is -6.19. The van der Waals surface area contributed by atoms with Gasteiger partial charge in [0, 0.05) is 38.3 Å². The zero-order chi connectivity index (χ0) is 32.9. The minimum atomic E-state index is -0.0678. The topological polar surface area (TPSA) is 26.9 Å². The van der Waals surface area contributed by atoms with Crippen molar-refractivity contribution in [3.05, 3.63) is 179 Å². The van der Waals surface area contributed by atoms with E-state index in [-0.39, 0.29) is 11.0 Å². The van der Waals surface area contributed by atoms with Crippen LogP contribution in [0.3, 0.4) is 0 Å². The van der Waals surface area contributed by atoms with Gasteiger partial charge in [-0.3, -0.25) is 9.36 Å². The molecule has 9 aromatic rings. The normalized spacial score (nSPS) is 13.3. The van der Waals surface area contributed by atoms with Crippen molar-refractivity contribution in [2.24, 2.45) is 0 Å². The SMILES string of the molecule is CC1(C)c2ccccc2-c2cc3c4ccccc4n(-c4ccc(-c5ccc(-n6c(=O)c7ccccc7c7ccccc76)cc5)cc4)c3cc21. The van der Waals surface area contributed by atoms with Crippen LogP contribution in [0.25, 0.3) is 77.1 Å². The third-order valence-corrected chi connectivity index (χ3v) is 10.8. The maximum absolute atomic E-state index is 13.8. The lowest BCUT2D eigenvalue weighted by atomic mass is 9.82. The van der Waals surface area contributed by atoms with Gasteiger partial charge < -0.3 is 4.57 Å². The largest absolute Gasteiger partial charge is 0.309 e. The Morgan fingerprint density at radius 1 is 0.408 bits per heavy atom. The Balaban J connectivity index is 1.07. The van der Waals surface area contributed by atoms with E-state index in [0.717, 1.165) is 44.2 Å². The molecule has 0 atom stereocenters. The van der Waals surface area contributed by atoms with Crippen molar-refractivity contribution >= 4 is 43.5 Å². The lowest BCUT2D eigenvalue weighted by Crippen LogP contribution is -2.19. The number of nitrogens with zero attached hydrogens (tertiary/aromatic N) is 2. The van der Waals surface area contributed by atoms with Gasteiger partial charge >= 0.3 is 0 Å². The molecule has 0 spiro atoms. The molecule has 232 valence electrons. The van der Waals surface area contributed by atoms with Crippen molar-refractivity contribution in [2.75, 3.05) is 0 Å². The summed E-state index contributed by atoms with van der Waals surface area (Å²) in [5.41, 5.74) is 12.9. The Bertz CT molecular complexity index is 2850. The first-order valence-electron chi connectivity index (χ1n) is 16.9. The molecule has 1 aliphatic carbocycles. The van der Waals surface area contributed by atoms with Gasteiger partial charge in [-0.25, -0.2) is 0 Å². The van der Waals surface area contributed by atoms with Gasteiger partial charge in [0.15, 0.2) is 0 Å². The van der Waals surface area contributed by atoms with Crippen molar-refractivity contribution < 1.29 is 0 Å². The van der Waals surface area contributed by atoms with Gasteiger partial charge in [0.25, 0.3) is 5.56 Å². The molecule has 0 radical (unpaired) electrons. The fourth-order valence-corrected chi connectivity index (χ4v) is 8.33. The van der Waals surface area contributed by atoms with E-state index in [1.54, 1.807) is 0 Å². The van der Waals surface area contributed by atoms with Gasteiger partial charge in [0.1, 0.15) is 0 Å². The summed E-state index contributed by atoms with van der Waals surface area (Å²) in [6.45, 7) is 4.69. The predicted molar refractivity (Wildman–Crippen MR) is 204 cm³/mol. The standard InChI is InChI=1S/C46H32N2O/c1-46(2)40-16-8-5-12-34(40)38-27-39-36-14-7-9-17-42(36)47(44(39)28-41(38)46)31-23-19-29(20-24-31)30-21-25-32(26-22-30)48-43-18-10-6-13-35(43)33-11-3-4-15-37(33)45(48)49/h3-28H,1-2H3. The number of pyridine rings is 1. The molecular weight excluding hydrogens is 597 g/mol. The highest BCUT2D eigenvalue weighted by molar-refractivity contribution is 6.11. The summed E-state index contributed by atoms with van der Waals surface area (Å²) in [5, 5.41) is 5.32. The quantitative estimate of drug-likeness (QED) is 0.179. The summed E-state index contributed by atoms with van der Waals surface area (Å²) in [6, 6.07) is 55.6. The molecule has 7 aromatic carbocycles. The number of fused-ring (bicyclic) bond motifs is 9. The number of benzene rings is 7. The maximum atomic E-state index is 13.8. The van der Waals surface area contributed by atoms with Gasteiger partial charge in [0.05, 0.1) is 16.6 Å². The molecule has 10 rings (SSSR count). The maximum Gasteiger partial charge on any atom is 0.263 e. The minimum Gasteiger partial charge on any atom is -0.309 e. The van der Waals surface area contributed by atoms with Crippen molar-refractivity contribution in [3.8, 4) is 33.6 Å². The number of rotatable bonds is 3. The van der Waals surface area contributed by atoms with Crippen molar-refractivity contribution in [1.29, 1.82) is 0 Å². The second kappa shape index (κ2) is 10.2. The Kier molecular flexibility index (Phi) is 5.78. The molecule has 0 saturated heterocycles. The monoisotopic (exact) mass is 628 g/mol. The van der Waals surface area contributed by atoms with E-state index in [4.69, 9.17) is 0 Å². The summed E-state index contributed by atoms with van der Waals surface area (Å²) in [6.07, 6.45) is 0. The van der Waals surface area contributed by atoms with E-state index in [9.17, 15) is 4.79 Å². The van der Waals surface area contributed by atoms with Crippen LogP contribution in [0, 0.1) is 0 Å². The zero-order valence-corrected chi connectivity index (χ0v) is 27.3. The first-order chi connectivity index (χ1) is 24.0. The fraction of sp³-hybridized carbons (Fsp3) is 0.0652. The summed E-state index contributed by atoms with van der Waals surface area (Å²) in [4.78, 5) is 13.8. The van der Waals surface area contributed by atoms with Gasteiger partial charge in [-0.2, -0.15) is 0 Å². The number of aromatic nitrogens is 2. The molecule has 0 aliphatic heterocycles. The van der Waals surface area contributed by atoms with Crippen molar-refractivity contribution in [3.63, 3.8) is 0 Å². The number of hydrogen-bond donors (Lipinski definition) is 0. The van der Waals surface area contributed by atoms with E-state index < -0.39 is 0 Å². The highest BCUT2D eigenvalue weighted by Gasteiger charge is 2.36. The van der Waals surface area contributed by atoms with Crippen LogP contribution in [0.2, 0.25) is 0 Å². The average molecular weight is 629 g/mol. The highest BCUT2D eigenvalue weighted by Crippen LogP contribution is 2.51. The molecule has 0 N–H and O–H groups in total. The molecule has 0 fully saturated rings. The number of hydrogen-bond acceptors (Lipinski definition) is 1. The third-order valence-electron chi connectivity index (χ3n) is 10.8. The van der Waals surface area contributed by atoms with Crippen molar-refractivity contribution in [1.82, 2.24) is 9.13 Å². The second-order valence-electron chi connectivity index (χ2n) is 13.7. The minimum absolute atomic E-state index is 0.00418. The molecule has 2 aromatic heterocycles. The van der Waals surface area contributed by atoms with Crippen LogP contribution in [0.1, 0.15) is 25.0 Å². The van der Waals surface area contributed by atoms with Gasteiger partial charge in [0.2, 0.25) is 0 Å². The van der Waals surface area contributed by atoms with E-state index >= 15 is 0 Å². The van der Waals surface area contributed by atoms with Crippen LogP contribution >= 0.6 is 0 Å². The fourth-order valence-electron chi connectivity index (χ4n) is 8.33. The van der Waals surface area contributed by atoms with E-state index in [0.29, 0.717) is 0 Å². The van der Waals surface area contributed by atoms with Crippen LogP contribution in [0.5, 0.6) is 0 Å². The summed E-state index contributed by atoms with van der Waals surface area (Å²) in [5.74, 6) is 0. The molecular formula is C46H32N2O. The van der Waals surface area contributed by atoms with Crippen LogP contribution in [0.15, 0.2) is 163 Å². The van der Waals surface area contributed by atoms with Crippen LogP contribution in [-0.2, 0) is 5.41 Å². The van der Waals surface area contributed by atoms with Crippen LogP contribution in [0.4, 0.5) is 0 Å². The Morgan fingerprint density at radius 2 is 0.918 bits per heavy atom. The first-order valence-corrected chi connectivity index (χ1v) is 16.9. The van der Waals surface area contributed by atoms with Crippen LogP contribution < -0.4 is 5.56 Å². The molecule has 3 nitrogen and oxygen atoms in total. The summed E-state index contributed by atoms with van der Waals surface area (Å²) in [7, 11) is 0. The lowest BCUT2D eigenvalue weighted by Gasteiger charge is -2.21. The molecule has 0 unspecified atom stereocenters. The van der Waals surface area contributed by atoms with Crippen molar-refractivity contribution in [2.45, 2.75) is 19.3 Å². The smallest absolute Gasteiger partial charge is 0.263 e. The first kappa shape index (κ1) is 27.9. The molecule has 0 bridgehead atoms. The number of para-hydroxylation sites is 2. The summed E-state index contributed by atoms with van der Waals surface area (Å²) < 4.78 is 4.25.